The lowest BCUT2D eigenvalue weighted by Gasteiger charge is -2.53. The Morgan fingerprint density at radius 1 is 1.05 bits per heavy atom. The highest BCUT2D eigenvalue weighted by molar-refractivity contribution is 5.71. The molecule has 0 radical (unpaired) electrons. The summed E-state index contributed by atoms with van der Waals surface area (Å²) in [5.74, 6) is -2.47. The van der Waals surface area contributed by atoms with Crippen LogP contribution in [0.2, 0.25) is 0 Å². The highest BCUT2D eigenvalue weighted by Crippen LogP contribution is 2.54. The molecule has 1 unspecified atom stereocenters. The molecule has 0 spiro atoms. The lowest BCUT2D eigenvalue weighted by molar-refractivity contribution is 0.00381. The predicted molar refractivity (Wildman–Crippen MR) is 136 cm³/mol. The monoisotopic (exact) mass is 519 g/mol. The maximum Gasteiger partial charge on any atom is 0.408 e. The van der Waals surface area contributed by atoms with Gasteiger partial charge in [0.25, 0.3) is 0 Å². The second-order valence-electron chi connectivity index (χ2n) is 10.2. The van der Waals surface area contributed by atoms with E-state index in [0.29, 0.717) is 29.6 Å². The van der Waals surface area contributed by atoms with Gasteiger partial charge in [-0.3, -0.25) is 19.4 Å². The molecule has 38 heavy (non-hydrogen) atoms. The van der Waals surface area contributed by atoms with E-state index in [0.717, 1.165) is 42.7 Å². The molecule has 3 atom stereocenters. The number of rotatable bonds is 3. The van der Waals surface area contributed by atoms with E-state index >= 15 is 0 Å². The molecule has 2 N–H and O–H groups in total. The van der Waals surface area contributed by atoms with Crippen LogP contribution in [-0.2, 0) is 12.0 Å². The first-order valence-corrected chi connectivity index (χ1v) is 12.9. The highest BCUT2D eigenvalue weighted by Gasteiger charge is 2.53. The summed E-state index contributed by atoms with van der Waals surface area (Å²) in [6.45, 7) is 0.108. The van der Waals surface area contributed by atoms with Gasteiger partial charge in [0.15, 0.2) is 17.3 Å². The number of hydrogen-bond acceptors (Lipinski definition) is 4. The van der Waals surface area contributed by atoms with Gasteiger partial charge in [-0.05, 0) is 73.6 Å². The standard InChI is InChI=1S/C28H27F2N5O3/c29-21-10-9-18(15-22(21)30)28(20-7-2-1-5-17-6-3-12-31-24(17)20)16-19(11-14-34(28)27(37)38)35-23-8-4-13-32-25(23)33-26(35)36/h3-4,6,8-10,12-13,15,19-20H,1-2,5,7,11,14,16H2,(H,37,38)(H,32,33,36)/t19-,20?,28+/m1/s1. The Labute approximate surface area is 217 Å². The second-order valence-corrected chi connectivity index (χ2v) is 10.2. The normalized spacial score (nSPS) is 23.7. The molecule has 1 amide bonds. The average molecular weight is 520 g/mol. The predicted octanol–water partition coefficient (Wildman–Crippen LogP) is 5.12. The van der Waals surface area contributed by atoms with Gasteiger partial charge in [-0.25, -0.2) is 23.4 Å². The topological polar surface area (TPSA) is 104 Å². The third-order valence-electron chi connectivity index (χ3n) is 8.24. The Kier molecular flexibility index (Phi) is 5.97. The van der Waals surface area contributed by atoms with Crippen LogP contribution < -0.4 is 5.69 Å². The average Bonchev–Trinajstić information content (AvgIpc) is 3.10. The van der Waals surface area contributed by atoms with Crippen LogP contribution in [-0.4, -0.2) is 42.2 Å². The first kappa shape index (κ1) is 24.3. The van der Waals surface area contributed by atoms with Crippen molar-refractivity contribution in [3.05, 3.63) is 93.8 Å². The van der Waals surface area contributed by atoms with Gasteiger partial charge in [0.1, 0.15) is 0 Å². The van der Waals surface area contributed by atoms with Crippen molar-refractivity contribution in [1.82, 2.24) is 24.4 Å². The number of carboxylic acid groups (broad SMARTS) is 1. The fraction of sp³-hybridized carbons (Fsp3) is 0.357. The molecule has 1 aromatic carbocycles. The Morgan fingerprint density at radius 2 is 1.87 bits per heavy atom. The van der Waals surface area contributed by atoms with E-state index in [1.54, 1.807) is 29.1 Å². The number of nitrogens with zero attached hydrogens (tertiary/aromatic N) is 4. The van der Waals surface area contributed by atoms with Crippen LogP contribution in [0.25, 0.3) is 11.2 Å². The molecule has 0 bridgehead atoms. The van der Waals surface area contributed by atoms with Gasteiger partial charge in [-0.1, -0.05) is 18.6 Å². The molecular formula is C28H27F2N5O3. The van der Waals surface area contributed by atoms with Gasteiger partial charge >= 0.3 is 11.8 Å². The van der Waals surface area contributed by atoms with Gasteiger partial charge in [0.05, 0.1) is 11.1 Å². The molecule has 1 aliphatic heterocycles. The van der Waals surface area contributed by atoms with E-state index < -0.39 is 35.2 Å². The number of hydrogen-bond donors (Lipinski definition) is 2. The summed E-state index contributed by atoms with van der Waals surface area (Å²) in [5.41, 5.74) is 1.58. The zero-order valence-electron chi connectivity index (χ0n) is 20.6. The molecule has 1 fully saturated rings. The smallest absolute Gasteiger partial charge is 0.408 e. The number of aromatic nitrogens is 4. The summed E-state index contributed by atoms with van der Waals surface area (Å²) >= 11 is 0. The molecule has 2 aliphatic rings. The molecule has 4 aromatic rings. The van der Waals surface area contributed by atoms with Gasteiger partial charge in [-0.15, -0.1) is 0 Å². The number of nitrogens with one attached hydrogen (secondary N) is 1. The van der Waals surface area contributed by atoms with E-state index in [-0.39, 0.29) is 18.7 Å². The fourth-order valence-corrected chi connectivity index (χ4v) is 6.67. The molecule has 1 saturated heterocycles. The van der Waals surface area contributed by atoms with Crippen molar-refractivity contribution in [2.45, 2.75) is 56.0 Å². The number of fused-ring (bicyclic) bond motifs is 2. The molecule has 4 heterocycles. The number of halogens is 2. The zero-order chi connectivity index (χ0) is 26.4. The van der Waals surface area contributed by atoms with E-state index in [1.807, 2.05) is 12.1 Å². The van der Waals surface area contributed by atoms with Crippen LogP contribution in [0.5, 0.6) is 0 Å². The quantitative estimate of drug-likeness (QED) is 0.366. The van der Waals surface area contributed by atoms with Crippen LogP contribution in [0.4, 0.5) is 13.6 Å². The minimum absolute atomic E-state index is 0.108. The van der Waals surface area contributed by atoms with Gasteiger partial charge in [-0.2, -0.15) is 0 Å². The Bertz CT molecular complexity index is 1580. The van der Waals surface area contributed by atoms with Crippen molar-refractivity contribution >= 4 is 17.3 Å². The van der Waals surface area contributed by atoms with Gasteiger partial charge < -0.3 is 5.11 Å². The van der Waals surface area contributed by atoms with Crippen molar-refractivity contribution in [1.29, 1.82) is 0 Å². The third-order valence-corrected chi connectivity index (χ3v) is 8.24. The maximum absolute atomic E-state index is 14.8. The number of imidazole rings is 1. The highest BCUT2D eigenvalue weighted by atomic mass is 19.2. The summed E-state index contributed by atoms with van der Waals surface area (Å²) in [4.78, 5) is 39.2. The van der Waals surface area contributed by atoms with Crippen LogP contribution in [0, 0.1) is 11.6 Å². The first-order chi connectivity index (χ1) is 18.4. The summed E-state index contributed by atoms with van der Waals surface area (Å²) in [6, 6.07) is 10.6. The number of aromatic amines is 1. The molecule has 196 valence electrons. The Morgan fingerprint density at radius 3 is 2.68 bits per heavy atom. The summed E-state index contributed by atoms with van der Waals surface area (Å²) in [7, 11) is 0. The first-order valence-electron chi connectivity index (χ1n) is 12.9. The number of aryl methyl sites for hydroxylation is 1. The van der Waals surface area contributed by atoms with E-state index in [2.05, 4.69) is 9.97 Å². The number of pyridine rings is 2. The lowest BCUT2D eigenvalue weighted by atomic mass is 9.67. The van der Waals surface area contributed by atoms with E-state index in [1.165, 1.54) is 11.0 Å². The van der Waals surface area contributed by atoms with Gasteiger partial charge in [0.2, 0.25) is 0 Å². The van der Waals surface area contributed by atoms with E-state index in [9.17, 15) is 23.5 Å². The number of piperidine rings is 1. The molecule has 0 saturated carbocycles. The molecule has 1 aliphatic carbocycles. The minimum atomic E-state index is -1.29. The largest absolute Gasteiger partial charge is 0.465 e. The Balaban J connectivity index is 1.61. The van der Waals surface area contributed by atoms with Crippen molar-refractivity contribution in [3.63, 3.8) is 0 Å². The Hall–Kier alpha value is -4.08. The molecule has 10 heteroatoms. The maximum atomic E-state index is 14.8. The number of H-pyrrole nitrogens is 1. The summed E-state index contributed by atoms with van der Waals surface area (Å²) in [6.07, 6.45) is 5.85. The van der Waals surface area contributed by atoms with Crippen LogP contribution in [0.3, 0.4) is 0 Å². The second kappa shape index (κ2) is 9.34. The van der Waals surface area contributed by atoms with Crippen LogP contribution in [0.15, 0.2) is 59.7 Å². The van der Waals surface area contributed by atoms with Crippen LogP contribution >= 0.6 is 0 Å². The number of likely N-dealkylation sites (tertiary alicyclic amines) is 1. The van der Waals surface area contributed by atoms with Gasteiger partial charge in [0, 0.05) is 36.6 Å². The van der Waals surface area contributed by atoms with E-state index in [4.69, 9.17) is 4.98 Å². The number of benzene rings is 1. The molecule has 3 aromatic heterocycles. The number of amides is 1. The lowest BCUT2D eigenvalue weighted by Crippen LogP contribution is -2.58. The zero-order valence-corrected chi connectivity index (χ0v) is 20.6. The summed E-state index contributed by atoms with van der Waals surface area (Å²) < 4.78 is 30.6. The molecule has 6 rings (SSSR count). The van der Waals surface area contributed by atoms with Crippen molar-refractivity contribution < 1.29 is 18.7 Å². The van der Waals surface area contributed by atoms with Crippen molar-refractivity contribution in [3.8, 4) is 0 Å². The molecule has 8 nitrogen and oxygen atoms in total. The fourth-order valence-electron chi connectivity index (χ4n) is 6.67. The minimum Gasteiger partial charge on any atom is -0.465 e. The van der Waals surface area contributed by atoms with Crippen LogP contribution in [0.1, 0.15) is 60.9 Å². The molecular weight excluding hydrogens is 492 g/mol. The third kappa shape index (κ3) is 3.77. The van der Waals surface area contributed by atoms with Crippen molar-refractivity contribution in [2.24, 2.45) is 0 Å². The number of carbonyl (C=O) groups is 1. The van der Waals surface area contributed by atoms with Crippen molar-refractivity contribution in [2.75, 3.05) is 6.54 Å². The SMILES string of the molecule is O=C(O)N1CC[C@@H](n2c(=O)[nH]c3ncccc32)C[C@]1(c1ccc(F)c(F)c1)C1CCCCc2cccnc21. The summed E-state index contributed by atoms with van der Waals surface area (Å²) in [5, 5.41) is 10.5.